The van der Waals surface area contributed by atoms with Gasteiger partial charge in [0.2, 0.25) is 0 Å². The summed E-state index contributed by atoms with van der Waals surface area (Å²) in [6.45, 7) is 0.303. The Labute approximate surface area is 145 Å². The van der Waals surface area contributed by atoms with Crippen molar-refractivity contribution in [2.75, 3.05) is 0 Å². The maximum absolute atomic E-state index is 14.0. The number of carbonyl (C=O) groups excluding carboxylic acids is 1. The van der Waals surface area contributed by atoms with E-state index in [4.69, 9.17) is 0 Å². The summed E-state index contributed by atoms with van der Waals surface area (Å²) >= 11 is 0. The van der Waals surface area contributed by atoms with Crippen molar-refractivity contribution in [1.29, 1.82) is 0 Å². The summed E-state index contributed by atoms with van der Waals surface area (Å²) in [5.41, 5.74) is 2.06. The predicted molar refractivity (Wildman–Crippen MR) is 92.9 cm³/mol. The minimum Gasteiger partial charge on any atom is -0.331 e. The van der Waals surface area contributed by atoms with Gasteiger partial charge in [-0.2, -0.15) is 5.10 Å². The number of carbonyl (C=O) groups is 1. The first-order valence-electron chi connectivity index (χ1n) is 8.37. The maximum Gasteiger partial charge on any atom is 0.254 e. The molecule has 0 radical (unpaired) electrons. The van der Waals surface area contributed by atoms with Crippen LogP contribution >= 0.6 is 0 Å². The molecule has 1 aliphatic rings. The molecule has 4 rings (SSSR count). The largest absolute Gasteiger partial charge is 0.331 e. The number of hydrogen-bond acceptors (Lipinski definition) is 2. The first kappa shape index (κ1) is 15.6. The number of amides is 1. The summed E-state index contributed by atoms with van der Waals surface area (Å²) in [6.07, 6.45) is 5.52. The highest BCUT2D eigenvalue weighted by Crippen LogP contribution is 2.30. The van der Waals surface area contributed by atoms with Crippen molar-refractivity contribution in [1.82, 2.24) is 14.7 Å². The van der Waals surface area contributed by atoms with Crippen LogP contribution in [0.3, 0.4) is 0 Å². The first-order chi connectivity index (χ1) is 12.2. The average Bonchev–Trinajstić information content (AvgIpc) is 3.33. The zero-order chi connectivity index (χ0) is 17.2. The smallest absolute Gasteiger partial charge is 0.254 e. The maximum atomic E-state index is 14.0. The molecule has 0 unspecified atom stereocenters. The van der Waals surface area contributed by atoms with E-state index in [0.717, 1.165) is 18.5 Å². The molecule has 1 aromatic heterocycles. The van der Waals surface area contributed by atoms with Gasteiger partial charge in [-0.25, -0.2) is 9.07 Å². The lowest BCUT2D eigenvalue weighted by atomic mass is 10.1. The third kappa shape index (κ3) is 3.31. The Kier molecular flexibility index (Phi) is 4.06. The van der Waals surface area contributed by atoms with Gasteiger partial charge in [-0.1, -0.05) is 18.2 Å². The normalized spacial score (nSPS) is 13.6. The Morgan fingerprint density at radius 3 is 2.52 bits per heavy atom. The van der Waals surface area contributed by atoms with E-state index < -0.39 is 0 Å². The van der Waals surface area contributed by atoms with Crippen LogP contribution in [0.5, 0.6) is 0 Å². The summed E-state index contributed by atoms with van der Waals surface area (Å²) < 4.78 is 15.7. The van der Waals surface area contributed by atoms with Crippen molar-refractivity contribution in [3.8, 4) is 5.69 Å². The highest BCUT2D eigenvalue weighted by Gasteiger charge is 2.33. The molecule has 0 spiro atoms. The Morgan fingerprint density at radius 1 is 1.12 bits per heavy atom. The molecule has 5 heteroatoms. The van der Waals surface area contributed by atoms with Crippen LogP contribution in [0.4, 0.5) is 4.39 Å². The van der Waals surface area contributed by atoms with Crippen molar-refractivity contribution in [3.63, 3.8) is 0 Å². The Balaban J connectivity index is 1.56. The number of halogens is 1. The van der Waals surface area contributed by atoms with Gasteiger partial charge >= 0.3 is 0 Å². The van der Waals surface area contributed by atoms with Crippen LogP contribution in [0.25, 0.3) is 5.69 Å². The van der Waals surface area contributed by atoms with Crippen LogP contribution in [0.15, 0.2) is 67.0 Å². The molecule has 1 saturated carbocycles. The van der Waals surface area contributed by atoms with Crippen molar-refractivity contribution < 1.29 is 9.18 Å². The van der Waals surface area contributed by atoms with Crippen LogP contribution in [0.1, 0.15) is 28.8 Å². The Hall–Kier alpha value is -2.95. The molecule has 25 heavy (non-hydrogen) atoms. The minimum absolute atomic E-state index is 0.0576. The fraction of sp³-hybridized carbons (Fsp3) is 0.200. The summed E-state index contributed by atoms with van der Waals surface area (Å²) in [6, 6.07) is 16.0. The SMILES string of the molecule is O=C(c1ccc(-n2cccn2)cc1)N(Cc1ccccc1F)C1CC1. The van der Waals surface area contributed by atoms with E-state index in [1.54, 1.807) is 46.1 Å². The van der Waals surface area contributed by atoms with Crippen LogP contribution in [0, 0.1) is 5.82 Å². The third-order valence-corrected chi connectivity index (χ3v) is 4.43. The van der Waals surface area contributed by atoms with Gasteiger partial charge in [-0.3, -0.25) is 4.79 Å². The monoisotopic (exact) mass is 335 g/mol. The van der Waals surface area contributed by atoms with Crippen LogP contribution < -0.4 is 0 Å². The molecule has 0 aliphatic heterocycles. The van der Waals surface area contributed by atoms with Crippen LogP contribution in [-0.4, -0.2) is 26.6 Å². The molecule has 126 valence electrons. The quantitative estimate of drug-likeness (QED) is 0.711. The number of nitrogens with zero attached hydrogens (tertiary/aromatic N) is 3. The van der Waals surface area contributed by atoms with E-state index in [0.29, 0.717) is 17.7 Å². The molecule has 1 aliphatic carbocycles. The lowest BCUT2D eigenvalue weighted by Crippen LogP contribution is -2.32. The van der Waals surface area contributed by atoms with Gasteiger partial charge in [0.15, 0.2) is 0 Å². The first-order valence-corrected chi connectivity index (χ1v) is 8.37. The average molecular weight is 335 g/mol. The molecule has 1 heterocycles. The van der Waals surface area contributed by atoms with E-state index >= 15 is 0 Å². The second kappa shape index (κ2) is 6.51. The summed E-state index contributed by atoms with van der Waals surface area (Å²) in [5.74, 6) is -0.326. The number of rotatable bonds is 5. The zero-order valence-electron chi connectivity index (χ0n) is 13.7. The number of benzene rings is 2. The number of aromatic nitrogens is 2. The van der Waals surface area contributed by atoms with E-state index in [1.807, 2.05) is 24.4 Å². The van der Waals surface area contributed by atoms with E-state index in [2.05, 4.69) is 5.10 Å². The standard InChI is InChI=1S/C20H18FN3O/c21-19-5-2-1-4-16(19)14-23(17-10-11-17)20(25)15-6-8-18(9-7-15)24-13-3-12-22-24/h1-9,12-13,17H,10-11,14H2. The lowest BCUT2D eigenvalue weighted by molar-refractivity contribution is 0.0728. The summed E-state index contributed by atoms with van der Waals surface area (Å²) in [5, 5.41) is 4.18. The molecule has 1 amide bonds. The van der Waals surface area contributed by atoms with Gasteiger partial charge in [0.05, 0.1) is 5.69 Å². The lowest BCUT2D eigenvalue weighted by Gasteiger charge is -2.23. The van der Waals surface area contributed by atoms with Gasteiger partial charge in [-0.15, -0.1) is 0 Å². The molecule has 0 bridgehead atoms. The van der Waals surface area contributed by atoms with E-state index in [1.165, 1.54) is 6.07 Å². The topological polar surface area (TPSA) is 38.1 Å². The molecule has 3 aromatic rings. The molecule has 0 atom stereocenters. The summed E-state index contributed by atoms with van der Waals surface area (Å²) in [4.78, 5) is 14.7. The molecule has 4 nitrogen and oxygen atoms in total. The van der Waals surface area contributed by atoms with E-state index in [9.17, 15) is 9.18 Å². The third-order valence-electron chi connectivity index (χ3n) is 4.43. The minimum atomic E-state index is -0.269. The highest BCUT2D eigenvalue weighted by molar-refractivity contribution is 5.94. The van der Waals surface area contributed by atoms with Gasteiger partial charge in [-0.05, 0) is 49.2 Å². The fourth-order valence-corrected chi connectivity index (χ4v) is 2.91. The van der Waals surface area contributed by atoms with Gasteiger partial charge in [0.1, 0.15) is 5.82 Å². The van der Waals surface area contributed by atoms with Crippen molar-refractivity contribution in [2.24, 2.45) is 0 Å². The van der Waals surface area contributed by atoms with Crippen molar-refractivity contribution in [3.05, 3.63) is 83.9 Å². The van der Waals surface area contributed by atoms with Crippen LogP contribution in [-0.2, 0) is 6.54 Å². The fourth-order valence-electron chi connectivity index (χ4n) is 2.91. The second-order valence-electron chi connectivity index (χ2n) is 6.25. The molecular weight excluding hydrogens is 317 g/mol. The highest BCUT2D eigenvalue weighted by atomic mass is 19.1. The predicted octanol–water partition coefficient (Wildman–Crippen LogP) is 3.82. The molecule has 0 N–H and O–H groups in total. The van der Waals surface area contributed by atoms with Crippen LogP contribution in [0.2, 0.25) is 0 Å². The summed E-state index contributed by atoms with van der Waals surface area (Å²) in [7, 11) is 0. The van der Waals surface area contributed by atoms with Gasteiger partial charge in [0, 0.05) is 36.1 Å². The molecule has 1 fully saturated rings. The Bertz CT molecular complexity index is 870. The molecular formula is C20H18FN3O. The van der Waals surface area contributed by atoms with Crippen molar-refractivity contribution in [2.45, 2.75) is 25.4 Å². The molecule has 0 saturated heterocycles. The molecule has 2 aromatic carbocycles. The van der Waals surface area contributed by atoms with Crippen molar-refractivity contribution >= 4 is 5.91 Å². The zero-order valence-corrected chi connectivity index (χ0v) is 13.7. The second-order valence-corrected chi connectivity index (χ2v) is 6.25. The van der Waals surface area contributed by atoms with Gasteiger partial charge < -0.3 is 4.90 Å². The Morgan fingerprint density at radius 2 is 1.88 bits per heavy atom. The van der Waals surface area contributed by atoms with E-state index in [-0.39, 0.29) is 17.8 Å². The van der Waals surface area contributed by atoms with Gasteiger partial charge in [0.25, 0.3) is 5.91 Å². The number of hydrogen-bond donors (Lipinski definition) is 0.